The normalized spacial score (nSPS) is 13.2. The van der Waals surface area contributed by atoms with E-state index in [-0.39, 0.29) is 17.3 Å². The number of anilines is 1. The summed E-state index contributed by atoms with van der Waals surface area (Å²) in [7, 11) is 0. The lowest BCUT2D eigenvalue weighted by Crippen LogP contribution is -2.42. The minimum Gasteiger partial charge on any atom is -0.383 e. The average Bonchev–Trinajstić information content (AvgIpc) is 3.04. The first-order valence-corrected chi connectivity index (χ1v) is 7.86. The zero-order chi connectivity index (χ0) is 17.0. The summed E-state index contributed by atoms with van der Waals surface area (Å²) < 4.78 is 13.0. The second kappa shape index (κ2) is 7.08. The number of rotatable bonds is 4. The van der Waals surface area contributed by atoms with E-state index in [4.69, 9.17) is 11.6 Å². The molecule has 0 saturated carbocycles. The van der Waals surface area contributed by atoms with Crippen LogP contribution in [-0.2, 0) is 15.2 Å². The molecule has 0 radical (unpaired) electrons. The highest BCUT2D eigenvalue weighted by molar-refractivity contribution is 7.10. The minimum atomic E-state index is -1.27. The SMILES string of the molecule is C[C@@](O)(CNC(=O)C(=O)Nc1ccc(F)c(Cl)c1)c1cccs1. The van der Waals surface area contributed by atoms with E-state index in [1.54, 1.807) is 17.5 Å². The van der Waals surface area contributed by atoms with E-state index in [0.29, 0.717) is 4.88 Å². The molecule has 1 aromatic carbocycles. The molecule has 2 rings (SSSR count). The Hall–Kier alpha value is -1.96. The number of halogens is 2. The van der Waals surface area contributed by atoms with Gasteiger partial charge in [-0.1, -0.05) is 17.7 Å². The van der Waals surface area contributed by atoms with E-state index in [0.717, 1.165) is 6.07 Å². The number of carbonyl (C=O) groups excluding carboxylic acids is 2. The van der Waals surface area contributed by atoms with Crippen molar-refractivity contribution in [2.45, 2.75) is 12.5 Å². The first-order valence-electron chi connectivity index (χ1n) is 6.60. The van der Waals surface area contributed by atoms with E-state index in [1.165, 1.54) is 30.4 Å². The zero-order valence-electron chi connectivity index (χ0n) is 12.1. The molecule has 1 heterocycles. The van der Waals surface area contributed by atoms with Gasteiger partial charge in [0.1, 0.15) is 11.4 Å². The molecule has 1 atom stereocenters. The van der Waals surface area contributed by atoms with Crippen molar-refractivity contribution >= 4 is 40.4 Å². The fourth-order valence-electron chi connectivity index (χ4n) is 1.77. The van der Waals surface area contributed by atoms with Gasteiger partial charge in [0, 0.05) is 10.6 Å². The molecule has 0 unspecified atom stereocenters. The second-order valence-corrected chi connectivity index (χ2v) is 6.37. The van der Waals surface area contributed by atoms with Crippen molar-refractivity contribution in [2.24, 2.45) is 0 Å². The van der Waals surface area contributed by atoms with E-state index >= 15 is 0 Å². The lowest BCUT2D eigenvalue weighted by atomic mass is 10.1. The molecule has 122 valence electrons. The molecule has 0 aliphatic heterocycles. The molecule has 0 aliphatic rings. The lowest BCUT2D eigenvalue weighted by molar-refractivity contribution is -0.136. The third kappa shape index (κ3) is 4.51. The molecule has 0 fully saturated rings. The van der Waals surface area contributed by atoms with Crippen LogP contribution in [0.3, 0.4) is 0 Å². The molecule has 0 saturated heterocycles. The Morgan fingerprint density at radius 3 is 2.70 bits per heavy atom. The standard InChI is InChI=1S/C15H14ClFN2O3S/c1-15(22,12-3-2-6-23-12)8-18-13(20)14(21)19-9-4-5-11(17)10(16)7-9/h2-7,22H,8H2,1H3,(H,18,20)(H,19,21)/t15-/m1/s1. The van der Waals surface area contributed by atoms with Crippen molar-refractivity contribution in [2.75, 3.05) is 11.9 Å². The number of carbonyl (C=O) groups is 2. The number of hydrogen-bond acceptors (Lipinski definition) is 4. The fraction of sp³-hybridized carbons (Fsp3) is 0.200. The van der Waals surface area contributed by atoms with Crippen LogP contribution >= 0.6 is 22.9 Å². The van der Waals surface area contributed by atoms with Crippen LogP contribution in [0, 0.1) is 5.82 Å². The smallest absolute Gasteiger partial charge is 0.313 e. The number of nitrogens with one attached hydrogen (secondary N) is 2. The van der Waals surface area contributed by atoms with E-state index < -0.39 is 23.2 Å². The van der Waals surface area contributed by atoms with E-state index in [1.807, 2.05) is 0 Å². The first-order chi connectivity index (χ1) is 10.8. The van der Waals surface area contributed by atoms with Crippen molar-refractivity contribution in [3.8, 4) is 0 Å². The van der Waals surface area contributed by atoms with Crippen LogP contribution in [0.15, 0.2) is 35.7 Å². The summed E-state index contributed by atoms with van der Waals surface area (Å²) in [4.78, 5) is 24.2. The molecule has 8 heteroatoms. The number of aliphatic hydroxyl groups is 1. The van der Waals surface area contributed by atoms with E-state index in [9.17, 15) is 19.1 Å². The van der Waals surface area contributed by atoms with Crippen molar-refractivity contribution in [1.82, 2.24) is 5.32 Å². The van der Waals surface area contributed by atoms with Crippen molar-refractivity contribution < 1.29 is 19.1 Å². The molecule has 3 N–H and O–H groups in total. The molecular formula is C15H14ClFN2O3S. The van der Waals surface area contributed by atoms with Gasteiger partial charge in [-0.3, -0.25) is 9.59 Å². The maximum atomic E-state index is 13.0. The number of benzene rings is 1. The Balaban J connectivity index is 1.92. The number of thiophene rings is 1. The highest BCUT2D eigenvalue weighted by Crippen LogP contribution is 2.24. The van der Waals surface area contributed by atoms with Crippen LogP contribution in [0.2, 0.25) is 5.02 Å². The maximum absolute atomic E-state index is 13.0. The summed E-state index contributed by atoms with van der Waals surface area (Å²) in [5, 5.41) is 16.6. The number of hydrogen-bond donors (Lipinski definition) is 3. The summed E-state index contributed by atoms with van der Waals surface area (Å²) in [5.41, 5.74) is -1.08. The van der Waals surface area contributed by atoms with Gasteiger partial charge in [-0.15, -0.1) is 11.3 Å². The maximum Gasteiger partial charge on any atom is 0.313 e. The Bertz CT molecular complexity index is 720. The molecule has 1 aromatic heterocycles. The molecule has 2 amide bonds. The summed E-state index contributed by atoms with van der Waals surface area (Å²) >= 11 is 6.94. The summed E-state index contributed by atoms with van der Waals surface area (Å²) in [6.45, 7) is 1.42. The van der Waals surface area contributed by atoms with Gasteiger partial charge in [-0.05, 0) is 36.6 Å². The van der Waals surface area contributed by atoms with Crippen molar-refractivity contribution in [3.63, 3.8) is 0 Å². The van der Waals surface area contributed by atoms with Crippen molar-refractivity contribution in [1.29, 1.82) is 0 Å². The topological polar surface area (TPSA) is 78.4 Å². The molecule has 0 aliphatic carbocycles. The van der Waals surface area contributed by atoms with Gasteiger partial charge in [0.15, 0.2) is 0 Å². The number of amides is 2. The van der Waals surface area contributed by atoms with Crippen LogP contribution in [0.25, 0.3) is 0 Å². The Kier molecular flexibility index (Phi) is 5.35. The summed E-state index contributed by atoms with van der Waals surface area (Å²) in [6.07, 6.45) is 0. The quantitative estimate of drug-likeness (QED) is 0.736. The minimum absolute atomic E-state index is 0.121. The monoisotopic (exact) mass is 356 g/mol. The van der Waals surface area contributed by atoms with Gasteiger partial charge in [-0.2, -0.15) is 0 Å². The predicted octanol–water partition coefficient (Wildman–Crippen LogP) is 2.50. The molecule has 23 heavy (non-hydrogen) atoms. The average molecular weight is 357 g/mol. The largest absolute Gasteiger partial charge is 0.383 e. The van der Waals surface area contributed by atoms with Gasteiger partial charge >= 0.3 is 11.8 Å². The van der Waals surface area contributed by atoms with Crippen LogP contribution < -0.4 is 10.6 Å². The van der Waals surface area contributed by atoms with Crippen molar-refractivity contribution in [3.05, 3.63) is 51.4 Å². The zero-order valence-corrected chi connectivity index (χ0v) is 13.7. The highest BCUT2D eigenvalue weighted by Gasteiger charge is 2.26. The van der Waals surface area contributed by atoms with Crippen LogP contribution in [0.5, 0.6) is 0 Å². The van der Waals surface area contributed by atoms with Crippen LogP contribution in [-0.4, -0.2) is 23.5 Å². The molecule has 0 spiro atoms. The van der Waals surface area contributed by atoms with Gasteiger partial charge in [0.2, 0.25) is 0 Å². The third-order valence-electron chi connectivity index (χ3n) is 3.03. The summed E-state index contributed by atoms with van der Waals surface area (Å²) in [5.74, 6) is -2.47. The fourth-order valence-corrected chi connectivity index (χ4v) is 2.73. The lowest BCUT2D eigenvalue weighted by Gasteiger charge is -2.22. The molecule has 5 nitrogen and oxygen atoms in total. The van der Waals surface area contributed by atoms with E-state index in [2.05, 4.69) is 10.6 Å². The third-order valence-corrected chi connectivity index (χ3v) is 4.44. The van der Waals surface area contributed by atoms with Gasteiger partial charge < -0.3 is 15.7 Å². The van der Waals surface area contributed by atoms with Gasteiger partial charge in [0.05, 0.1) is 11.6 Å². The molecule has 2 aromatic rings. The molecular weight excluding hydrogens is 343 g/mol. The highest BCUT2D eigenvalue weighted by atomic mass is 35.5. The Morgan fingerprint density at radius 1 is 1.35 bits per heavy atom. The second-order valence-electron chi connectivity index (χ2n) is 5.02. The molecule has 0 bridgehead atoms. The predicted molar refractivity (Wildman–Crippen MR) is 86.9 cm³/mol. The Labute approximate surface area is 141 Å². The Morgan fingerprint density at radius 2 is 2.09 bits per heavy atom. The summed E-state index contributed by atoms with van der Waals surface area (Å²) in [6, 6.07) is 7.08. The van der Waals surface area contributed by atoms with Gasteiger partial charge in [-0.25, -0.2) is 4.39 Å². The van der Waals surface area contributed by atoms with Crippen LogP contribution in [0.1, 0.15) is 11.8 Å². The first kappa shape index (κ1) is 17.4. The van der Waals surface area contributed by atoms with Gasteiger partial charge in [0.25, 0.3) is 0 Å². The van der Waals surface area contributed by atoms with Crippen LogP contribution in [0.4, 0.5) is 10.1 Å².